The fourth-order valence-corrected chi connectivity index (χ4v) is 1.69. The van der Waals surface area contributed by atoms with E-state index in [4.69, 9.17) is 0 Å². The molecular weight excluding hydrogens is 285 g/mol. The Bertz CT molecular complexity index is 705. The van der Waals surface area contributed by atoms with Gasteiger partial charge in [0.05, 0.1) is 5.69 Å². The lowest BCUT2D eigenvalue weighted by atomic mass is 10.2. The Morgan fingerprint density at radius 1 is 1.00 bits per heavy atom. The summed E-state index contributed by atoms with van der Waals surface area (Å²) in [6.45, 7) is 1.65. The van der Waals surface area contributed by atoms with Crippen molar-refractivity contribution < 1.29 is 23.1 Å². The first kappa shape index (κ1) is 14.7. The molecule has 2 aromatic carbocycles. The van der Waals surface area contributed by atoms with Crippen LogP contribution in [0.3, 0.4) is 0 Å². The molecule has 21 heavy (non-hydrogen) atoms. The number of rotatable bonds is 2. The number of phenols is 1. The van der Waals surface area contributed by atoms with E-state index in [1.165, 1.54) is 18.2 Å². The van der Waals surface area contributed by atoms with E-state index in [0.29, 0.717) is 17.3 Å². The number of benzene rings is 2. The SMILES string of the molecule is Cc1cc(O)ccc1NC(=O)Nc1ccc(F)c(F)c1F. The van der Waals surface area contributed by atoms with Crippen molar-refractivity contribution in [3.8, 4) is 5.75 Å². The summed E-state index contributed by atoms with van der Waals surface area (Å²) in [4.78, 5) is 11.7. The topological polar surface area (TPSA) is 61.4 Å². The Morgan fingerprint density at radius 3 is 2.29 bits per heavy atom. The maximum atomic E-state index is 13.4. The molecular formula is C14H11F3N2O2. The second-order valence-corrected chi connectivity index (χ2v) is 4.30. The number of carbonyl (C=O) groups excluding carboxylic acids is 1. The molecule has 110 valence electrons. The molecule has 2 amide bonds. The van der Waals surface area contributed by atoms with Crippen molar-refractivity contribution in [1.82, 2.24) is 0 Å². The number of hydrogen-bond acceptors (Lipinski definition) is 2. The molecule has 0 atom stereocenters. The van der Waals surface area contributed by atoms with E-state index in [2.05, 4.69) is 10.6 Å². The number of aryl methyl sites for hydroxylation is 1. The van der Waals surface area contributed by atoms with Crippen LogP contribution in [0.15, 0.2) is 30.3 Å². The van der Waals surface area contributed by atoms with Crippen molar-refractivity contribution in [2.75, 3.05) is 10.6 Å². The molecule has 0 aromatic heterocycles. The molecule has 0 saturated heterocycles. The Morgan fingerprint density at radius 2 is 1.62 bits per heavy atom. The molecule has 0 bridgehead atoms. The van der Waals surface area contributed by atoms with Crippen LogP contribution in [0.5, 0.6) is 5.75 Å². The molecule has 3 N–H and O–H groups in total. The van der Waals surface area contributed by atoms with E-state index in [-0.39, 0.29) is 5.75 Å². The van der Waals surface area contributed by atoms with Gasteiger partial charge in [0, 0.05) is 5.69 Å². The summed E-state index contributed by atoms with van der Waals surface area (Å²) >= 11 is 0. The summed E-state index contributed by atoms with van der Waals surface area (Å²) < 4.78 is 39.2. The first-order chi connectivity index (χ1) is 9.88. The number of halogens is 3. The van der Waals surface area contributed by atoms with Gasteiger partial charge in [0.15, 0.2) is 17.5 Å². The minimum atomic E-state index is -1.66. The van der Waals surface area contributed by atoms with Gasteiger partial charge in [-0.15, -0.1) is 0 Å². The minimum Gasteiger partial charge on any atom is -0.508 e. The molecule has 0 fully saturated rings. The summed E-state index contributed by atoms with van der Waals surface area (Å²) in [6, 6.07) is 5.03. The van der Waals surface area contributed by atoms with Crippen molar-refractivity contribution >= 4 is 17.4 Å². The highest BCUT2D eigenvalue weighted by Gasteiger charge is 2.15. The number of carbonyl (C=O) groups is 1. The lowest BCUT2D eigenvalue weighted by Gasteiger charge is -2.11. The monoisotopic (exact) mass is 296 g/mol. The molecule has 0 saturated carbocycles. The maximum Gasteiger partial charge on any atom is 0.323 e. The molecule has 0 aliphatic carbocycles. The molecule has 2 rings (SSSR count). The van der Waals surface area contributed by atoms with Gasteiger partial charge in [-0.25, -0.2) is 18.0 Å². The number of urea groups is 1. The molecule has 0 heterocycles. The van der Waals surface area contributed by atoms with Crippen LogP contribution in [0.4, 0.5) is 29.3 Å². The van der Waals surface area contributed by atoms with Gasteiger partial charge in [0.25, 0.3) is 0 Å². The number of aromatic hydroxyl groups is 1. The number of hydrogen-bond donors (Lipinski definition) is 3. The number of phenolic OH excluding ortho intramolecular Hbond substituents is 1. The standard InChI is InChI=1S/C14H11F3N2O2/c1-7-6-8(20)2-4-10(7)18-14(21)19-11-5-3-9(15)12(16)13(11)17/h2-6,20H,1H3,(H2,18,19,21). The second kappa shape index (κ2) is 5.74. The lowest BCUT2D eigenvalue weighted by Crippen LogP contribution is -2.21. The van der Waals surface area contributed by atoms with Gasteiger partial charge in [0.1, 0.15) is 5.75 Å². The van der Waals surface area contributed by atoms with Crippen LogP contribution >= 0.6 is 0 Å². The van der Waals surface area contributed by atoms with Gasteiger partial charge in [-0.1, -0.05) is 0 Å². The van der Waals surface area contributed by atoms with Crippen molar-refractivity contribution in [3.05, 3.63) is 53.3 Å². The number of amides is 2. The van der Waals surface area contributed by atoms with Gasteiger partial charge >= 0.3 is 6.03 Å². The average molecular weight is 296 g/mol. The highest BCUT2D eigenvalue weighted by molar-refractivity contribution is 6.00. The Balaban J connectivity index is 2.14. The predicted molar refractivity (Wildman–Crippen MR) is 71.8 cm³/mol. The van der Waals surface area contributed by atoms with Crippen LogP contribution in [0.1, 0.15) is 5.56 Å². The summed E-state index contributed by atoms with van der Waals surface area (Å²) in [5.74, 6) is -4.45. The number of nitrogens with one attached hydrogen (secondary N) is 2. The smallest absolute Gasteiger partial charge is 0.323 e. The van der Waals surface area contributed by atoms with Gasteiger partial charge in [-0.3, -0.25) is 0 Å². The molecule has 0 aliphatic heterocycles. The summed E-state index contributed by atoms with van der Waals surface area (Å²) in [5, 5.41) is 13.7. The zero-order valence-corrected chi connectivity index (χ0v) is 10.9. The first-order valence-electron chi connectivity index (χ1n) is 5.89. The second-order valence-electron chi connectivity index (χ2n) is 4.30. The zero-order valence-electron chi connectivity index (χ0n) is 10.9. The number of anilines is 2. The third-order valence-electron chi connectivity index (χ3n) is 2.74. The average Bonchev–Trinajstić information content (AvgIpc) is 2.43. The van der Waals surface area contributed by atoms with Gasteiger partial charge in [-0.05, 0) is 42.8 Å². The van der Waals surface area contributed by atoms with Crippen LogP contribution in [-0.2, 0) is 0 Å². The van der Waals surface area contributed by atoms with Crippen molar-refractivity contribution in [1.29, 1.82) is 0 Å². The summed E-state index contributed by atoms with van der Waals surface area (Å²) in [7, 11) is 0. The van der Waals surface area contributed by atoms with E-state index in [9.17, 15) is 23.1 Å². The van der Waals surface area contributed by atoms with Crippen LogP contribution in [0.2, 0.25) is 0 Å². The predicted octanol–water partition coefficient (Wildman–Crippen LogP) is 3.76. The van der Waals surface area contributed by atoms with Crippen LogP contribution in [0, 0.1) is 24.4 Å². The van der Waals surface area contributed by atoms with Crippen LogP contribution < -0.4 is 10.6 Å². The molecule has 0 unspecified atom stereocenters. The van der Waals surface area contributed by atoms with Crippen molar-refractivity contribution in [3.63, 3.8) is 0 Å². The van der Waals surface area contributed by atoms with Crippen molar-refractivity contribution in [2.24, 2.45) is 0 Å². The minimum absolute atomic E-state index is 0.0325. The molecule has 0 spiro atoms. The van der Waals surface area contributed by atoms with E-state index in [1.54, 1.807) is 6.92 Å². The molecule has 0 radical (unpaired) electrons. The quantitative estimate of drug-likeness (QED) is 0.583. The van der Waals surface area contributed by atoms with Gasteiger partial charge in [0.2, 0.25) is 0 Å². The van der Waals surface area contributed by atoms with Crippen LogP contribution in [0.25, 0.3) is 0 Å². The fraction of sp³-hybridized carbons (Fsp3) is 0.0714. The van der Waals surface area contributed by atoms with Gasteiger partial charge in [-0.2, -0.15) is 0 Å². The van der Waals surface area contributed by atoms with Crippen LogP contribution in [-0.4, -0.2) is 11.1 Å². The van der Waals surface area contributed by atoms with E-state index < -0.39 is 29.2 Å². The van der Waals surface area contributed by atoms with E-state index in [0.717, 1.165) is 6.07 Å². The van der Waals surface area contributed by atoms with Crippen molar-refractivity contribution in [2.45, 2.75) is 6.92 Å². The van der Waals surface area contributed by atoms with E-state index >= 15 is 0 Å². The highest BCUT2D eigenvalue weighted by atomic mass is 19.2. The Kier molecular flexibility index (Phi) is 4.02. The van der Waals surface area contributed by atoms with E-state index in [1.807, 2.05) is 0 Å². The van der Waals surface area contributed by atoms with Gasteiger partial charge < -0.3 is 15.7 Å². The molecule has 4 nitrogen and oxygen atoms in total. The highest BCUT2D eigenvalue weighted by Crippen LogP contribution is 2.22. The summed E-state index contributed by atoms with van der Waals surface area (Å²) in [5.41, 5.74) is 0.479. The molecule has 2 aromatic rings. The molecule has 0 aliphatic rings. The third kappa shape index (κ3) is 3.25. The fourth-order valence-electron chi connectivity index (χ4n) is 1.69. The normalized spacial score (nSPS) is 10.3. The largest absolute Gasteiger partial charge is 0.508 e. The maximum absolute atomic E-state index is 13.4. The third-order valence-corrected chi connectivity index (χ3v) is 2.74. The lowest BCUT2D eigenvalue weighted by molar-refractivity contribution is 0.262. The Hall–Kier alpha value is -2.70. The first-order valence-corrected chi connectivity index (χ1v) is 5.89. The summed E-state index contributed by atoms with van der Waals surface area (Å²) in [6.07, 6.45) is 0. The molecule has 7 heteroatoms. The Labute approximate surface area is 118 Å². The zero-order chi connectivity index (χ0) is 15.6.